The average molecular weight is 317 g/mol. The highest BCUT2D eigenvalue weighted by Gasteiger charge is 2.49. The third-order valence-corrected chi connectivity index (χ3v) is 6.66. The van der Waals surface area contributed by atoms with Gasteiger partial charge in [-0.05, 0) is 43.9 Å². The molecule has 2 N–H and O–H groups in total. The summed E-state index contributed by atoms with van der Waals surface area (Å²) in [5, 5.41) is 18.6. The summed E-state index contributed by atoms with van der Waals surface area (Å²) in [6, 6.07) is 0. The molecule has 2 aliphatic carbocycles. The van der Waals surface area contributed by atoms with Crippen LogP contribution in [0.5, 0.6) is 0 Å². The van der Waals surface area contributed by atoms with Crippen LogP contribution in [0, 0.1) is 11.8 Å². The molecule has 0 amide bonds. The molecule has 1 aromatic rings. The SMILES string of the molecule is C[C@@H]1CN(Cc2cn[nH]c2C2CCCCC2)CC[C@@]1(O)C1CC1. The Morgan fingerprint density at radius 1 is 1.26 bits per heavy atom. The minimum Gasteiger partial charge on any atom is -0.389 e. The van der Waals surface area contributed by atoms with Crippen LogP contribution in [0.4, 0.5) is 0 Å². The lowest BCUT2D eigenvalue weighted by Gasteiger charge is -2.43. The number of H-pyrrole nitrogens is 1. The van der Waals surface area contributed by atoms with Gasteiger partial charge in [0.25, 0.3) is 0 Å². The van der Waals surface area contributed by atoms with Crippen molar-refractivity contribution >= 4 is 0 Å². The Bertz CT molecular complexity index is 532. The van der Waals surface area contributed by atoms with Crippen LogP contribution in [0.15, 0.2) is 6.20 Å². The van der Waals surface area contributed by atoms with Crippen molar-refractivity contribution in [2.75, 3.05) is 13.1 Å². The Morgan fingerprint density at radius 3 is 2.74 bits per heavy atom. The Kier molecular flexibility index (Phi) is 4.22. The molecule has 2 heterocycles. The highest BCUT2D eigenvalue weighted by molar-refractivity contribution is 5.21. The molecular weight excluding hydrogens is 286 g/mol. The summed E-state index contributed by atoms with van der Waals surface area (Å²) < 4.78 is 0. The topological polar surface area (TPSA) is 52.2 Å². The number of nitrogens with one attached hydrogen (secondary N) is 1. The quantitative estimate of drug-likeness (QED) is 0.894. The average Bonchev–Trinajstić information content (AvgIpc) is 3.33. The number of rotatable bonds is 4. The minimum atomic E-state index is -0.390. The molecule has 0 bridgehead atoms. The van der Waals surface area contributed by atoms with Gasteiger partial charge in [-0.1, -0.05) is 26.2 Å². The molecule has 0 spiro atoms. The maximum absolute atomic E-state index is 10.9. The van der Waals surface area contributed by atoms with Gasteiger partial charge in [0.15, 0.2) is 0 Å². The Morgan fingerprint density at radius 2 is 2.04 bits per heavy atom. The van der Waals surface area contributed by atoms with Crippen molar-refractivity contribution in [3.8, 4) is 0 Å². The van der Waals surface area contributed by atoms with E-state index in [-0.39, 0.29) is 5.60 Å². The van der Waals surface area contributed by atoms with Gasteiger partial charge in [0.1, 0.15) is 0 Å². The molecule has 0 unspecified atom stereocenters. The lowest BCUT2D eigenvalue weighted by molar-refractivity contribution is -0.0833. The van der Waals surface area contributed by atoms with E-state index >= 15 is 0 Å². The number of nitrogens with zero attached hydrogens (tertiary/aromatic N) is 2. The fourth-order valence-electron chi connectivity index (χ4n) is 4.99. The smallest absolute Gasteiger partial charge is 0.0725 e. The standard InChI is InChI=1S/C19H31N3O/c1-14-12-22(10-9-19(14,23)17-7-8-17)13-16-11-20-21-18(16)15-5-3-2-4-6-15/h11,14-15,17,23H,2-10,12-13H2,1H3,(H,20,21)/t14-,19+/m1/s1. The van der Waals surface area contributed by atoms with E-state index in [9.17, 15) is 5.11 Å². The van der Waals surface area contributed by atoms with Crippen LogP contribution < -0.4 is 0 Å². The number of aromatic nitrogens is 2. The summed E-state index contributed by atoms with van der Waals surface area (Å²) in [6.07, 6.45) is 12.2. The third-order valence-electron chi connectivity index (χ3n) is 6.66. The van der Waals surface area contributed by atoms with Crippen molar-refractivity contribution in [3.05, 3.63) is 17.5 Å². The van der Waals surface area contributed by atoms with Crippen molar-refractivity contribution in [1.29, 1.82) is 0 Å². The number of likely N-dealkylation sites (tertiary alicyclic amines) is 1. The molecule has 2 atom stereocenters. The second-order valence-corrected chi connectivity index (χ2v) is 8.30. The molecule has 128 valence electrons. The zero-order chi connectivity index (χ0) is 15.9. The Labute approximate surface area is 139 Å². The normalized spacial score (nSPS) is 33.9. The monoisotopic (exact) mass is 317 g/mol. The van der Waals surface area contributed by atoms with E-state index in [1.54, 1.807) is 0 Å². The maximum Gasteiger partial charge on any atom is 0.0725 e. The summed E-state index contributed by atoms with van der Waals surface area (Å²) in [4.78, 5) is 2.53. The largest absolute Gasteiger partial charge is 0.389 e. The second-order valence-electron chi connectivity index (χ2n) is 8.30. The van der Waals surface area contributed by atoms with Crippen LogP contribution in [-0.4, -0.2) is 38.9 Å². The van der Waals surface area contributed by atoms with Gasteiger partial charge in [-0.25, -0.2) is 0 Å². The van der Waals surface area contributed by atoms with E-state index in [2.05, 4.69) is 22.0 Å². The predicted molar refractivity (Wildman–Crippen MR) is 91.1 cm³/mol. The first-order chi connectivity index (χ1) is 11.2. The minimum absolute atomic E-state index is 0.383. The molecule has 2 saturated carbocycles. The van der Waals surface area contributed by atoms with Crippen LogP contribution >= 0.6 is 0 Å². The van der Waals surface area contributed by atoms with Crippen molar-refractivity contribution in [2.45, 2.75) is 76.4 Å². The van der Waals surface area contributed by atoms with Gasteiger partial charge in [-0.2, -0.15) is 5.10 Å². The van der Waals surface area contributed by atoms with E-state index in [1.807, 2.05) is 6.20 Å². The van der Waals surface area contributed by atoms with Gasteiger partial charge in [0.2, 0.25) is 0 Å². The predicted octanol–water partition coefficient (Wildman–Crippen LogP) is 3.44. The van der Waals surface area contributed by atoms with Crippen LogP contribution in [0.1, 0.15) is 75.5 Å². The fraction of sp³-hybridized carbons (Fsp3) is 0.842. The molecule has 0 aromatic carbocycles. The van der Waals surface area contributed by atoms with Crippen molar-refractivity contribution < 1.29 is 5.11 Å². The first-order valence-electron chi connectivity index (χ1n) is 9.63. The molecule has 3 fully saturated rings. The van der Waals surface area contributed by atoms with E-state index in [0.717, 1.165) is 26.1 Å². The summed E-state index contributed by atoms with van der Waals surface area (Å²) in [6.45, 7) is 5.27. The van der Waals surface area contributed by atoms with Gasteiger partial charge in [-0.3, -0.25) is 10.00 Å². The van der Waals surface area contributed by atoms with Crippen molar-refractivity contribution in [3.63, 3.8) is 0 Å². The lowest BCUT2D eigenvalue weighted by Crippen LogP contribution is -2.51. The molecule has 1 aromatic heterocycles. The first kappa shape index (κ1) is 15.6. The number of aliphatic hydroxyl groups is 1. The summed E-state index contributed by atoms with van der Waals surface area (Å²) in [7, 11) is 0. The Hall–Kier alpha value is -0.870. The van der Waals surface area contributed by atoms with E-state index in [0.29, 0.717) is 17.8 Å². The second kappa shape index (κ2) is 6.21. The van der Waals surface area contributed by atoms with E-state index in [1.165, 1.54) is 56.2 Å². The van der Waals surface area contributed by atoms with Crippen LogP contribution in [-0.2, 0) is 6.54 Å². The maximum atomic E-state index is 10.9. The zero-order valence-electron chi connectivity index (χ0n) is 14.4. The van der Waals surface area contributed by atoms with E-state index < -0.39 is 0 Å². The van der Waals surface area contributed by atoms with Gasteiger partial charge in [-0.15, -0.1) is 0 Å². The molecule has 4 nitrogen and oxygen atoms in total. The molecule has 4 rings (SSSR count). The fourth-order valence-corrected chi connectivity index (χ4v) is 4.99. The molecule has 23 heavy (non-hydrogen) atoms. The molecular formula is C19H31N3O. The van der Waals surface area contributed by atoms with Crippen LogP contribution in [0.3, 0.4) is 0 Å². The number of hydrogen-bond donors (Lipinski definition) is 2. The molecule has 3 aliphatic rings. The number of aromatic amines is 1. The van der Waals surface area contributed by atoms with Crippen molar-refractivity contribution in [1.82, 2.24) is 15.1 Å². The number of hydrogen-bond acceptors (Lipinski definition) is 3. The van der Waals surface area contributed by atoms with E-state index in [4.69, 9.17) is 0 Å². The number of piperidine rings is 1. The third kappa shape index (κ3) is 3.08. The Balaban J connectivity index is 1.40. The highest BCUT2D eigenvalue weighted by atomic mass is 16.3. The molecule has 1 saturated heterocycles. The van der Waals surface area contributed by atoms with Gasteiger partial charge < -0.3 is 5.11 Å². The molecule has 1 aliphatic heterocycles. The highest BCUT2D eigenvalue weighted by Crippen LogP contribution is 2.47. The van der Waals surface area contributed by atoms with Crippen molar-refractivity contribution in [2.24, 2.45) is 11.8 Å². The van der Waals surface area contributed by atoms with Gasteiger partial charge in [0.05, 0.1) is 11.8 Å². The summed E-state index contributed by atoms with van der Waals surface area (Å²) in [5.41, 5.74) is 2.39. The molecule has 0 radical (unpaired) electrons. The summed E-state index contributed by atoms with van der Waals surface area (Å²) >= 11 is 0. The summed E-state index contributed by atoms with van der Waals surface area (Å²) in [5.74, 6) is 1.65. The zero-order valence-corrected chi connectivity index (χ0v) is 14.4. The lowest BCUT2D eigenvalue weighted by atomic mass is 9.78. The molecule has 4 heteroatoms. The van der Waals surface area contributed by atoms with Crippen LogP contribution in [0.25, 0.3) is 0 Å². The van der Waals surface area contributed by atoms with Gasteiger partial charge >= 0.3 is 0 Å². The van der Waals surface area contributed by atoms with Gasteiger partial charge in [0, 0.05) is 36.8 Å². The van der Waals surface area contributed by atoms with Crippen LogP contribution in [0.2, 0.25) is 0 Å². The first-order valence-corrected chi connectivity index (χ1v) is 9.63.